The van der Waals surface area contributed by atoms with Crippen LogP contribution in [0.4, 0.5) is 21.6 Å². The number of rotatable bonds is 4. The number of aromatic nitrogens is 2. The van der Waals surface area contributed by atoms with Crippen LogP contribution < -0.4 is 10.2 Å². The highest BCUT2D eigenvalue weighted by Crippen LogP contribution is 2.23. The van der Waals surface area contributed by atoms with Crippen molar-refractivity contribution in [3.05, 3.63) is 78.5 Å². The van der Waals surface area contributed by atoms with Crippen molar-refractivity contribution in [3.8, 4) is 0 Å². The van der Waals surface area contributed by atoms with E-state index in [1.807, 2.05) is 12.1 Å². The van der Waals surface area contributed by atoms with Gasteiger partial charge in [0.05, 0.1) is 11.3 Å². The third-order valence-corrected chi connectivity index (χ3v) is 4.76. The molecule has 1 amide bonds. The third kappa shape index (κ3) is 3.78. The van der Waals surface area contributed by atoms with Crippen molar-refractivity contribution in [2.24, 2.45) is 0 Å². The number of halogens is 1. The monoisotopic (exact) mass is 377 g/mol. The summed E-state index contributed by atoms with van der Waals surface area (Å²) < 4.78 is 14.0. The van der Waals surface area contributed by atoms with E-state index in [0.717, 1.165) is 18.8 Å². The molecule has 3 heterocycles. The average molecular weight is 377 g/mol. The minimum absolute atomic E-state index is 0.110. The van der Waals surface area contributed by atoms with E-state index in [2.05, 4.69) is 20.2 Å². The van der Waals surface area contributed by atoms with Gasteiger partial charge in [-0.05, 0) is 36.4 Å². The topological polar surface area (TPSA) is 61.4 Å². The van der Waals surface area contributed by atoms with Crippen LogP contribution in [-0.4, -0.2) is 47.0 Å². The Morgan fingerprint density at radius 3 is 2.43 bits per heavy atom. The lowest BCUT2D eigenvalue weighted by atomic mass is 10.2. The fourth-order valence-corrected chi connectivity index (χ4v) is 3.26. The number of hydrogen-bond acceptors (Lipinski definition) is 5. The molecule has 1 aliphatic heterocycles. The van der Waals surface area contributed by atoms with E-state index < -0.39 is 5.82 Å². The minimum atomic E-state index is -0.391. The molecular formula is C21H20FN5O. The van der Waals surface area contributed by atoms with Crippen LogP contribution >= 0.6 is 0 Å². The fraction of sp³-hybridized carbons (Fsp3) is 0.190. The Kier molecular flexibility index (Phi) is 5.14. The summed E-state index contributed by atoms with van der Waals surface area (Å²) in [6, 6.07) is 13.7. The van der Waals surface area contributed by atoms with Gasteiger partial charge in [-0.25, -0.2) is 9.37 Å². The summed E-state index contributed by atoms with van der Waals surface area (Å²) in [4.78, 5) is 25.4. The molecule has 0 spiro atoms. The zero-order valence-electron chi connectivity index (χ0n) is 15.3. The molecule has 2 aromatic heterocycles. The van der Waals surface area contributed by atoms with Crippen LogP contribution in [0.15, 0.2) is 67.1 Å². The van der Waals surface area contributed by atoms with Gasteiger partial charge in [-0.1, -0.05) is 12.1 Å². The van der Waals surface area contributed by atoms with Crippen LogP contribution in [0.1, 0.15) is 10.4 Å². The lowest BCUT2D eigenvalue weighted by Crippen LogP contribution is -2.48. The fourth-order valence-electron chi connectivity index (χ4n) is 3.26. The Balaban J connectivity index is 1.48. The molecule has 0 atom stereocenters. The molecule has 0 bridgehead atoms. The van der Waals surface area contributed by atoms with Gasteiger partial charge in [0.25, 0.3) is 5.91 Å². The van der Waals surface area contributed by atoms with E-state index in [4.69, 9.17) is 0 Å². The lowest BCUT2D eigenvalue weighted by molar-refractivity contribution is 0.0747. The largest absolute Gasteiger partial charge is 0.368 e. The molecule has 1 fully saturated rings. The van der Waals surface area contributed by atoms with Crippen molar-refractivity contribution in [2.75, 3.05) is 36.4 Å². The standard InChI is InChI=1S/C21H20FN5O/c22-18-5-1-2-6-19(18)25-20-17(4-3-9-24-20)21(28)27-14-12-26(13-15-27)16-7-10-23-11-8-16/h1-11H,12-15H2,(H,24,25). The molecular weight excluding hydrogens is 357 g/mol. The summed E-state index contributed by atoms with van der Waals surface area (Å²) in [5.41, 5.74) is 1.83. The zero-order chi connectivity index (χ0) is 19.3. The number of pyridine rings is 2. The van der Waals surface area contributed by atoms with Gasteiger partial charge in [0.1, 0.15) is 11.6 Å². The van der Waals surface area contributed by atoms with Crippen LogP contribution in [0.25, 0.3) is 0 Å². The van der Waals surface area contributed by atoms with Crippen LogP contribution in [0.2, 0.25) is 0 Å². The number of carbonyl (C=O) groups is 1. The maximum Gasteiger partial charge on any atom is 0.257 e. The highest BCUT2D eigenvalue weighted by molar-refractivity contribution is 5.99. The lowest BCUT2D eigenvalue weighted by Gasteiger charge is -2.36. The van der Waals surface area contributed by atoms with E-state index in [1.54, 1.807) is 53.8 Å². The first-order valence-electron chi connectivity index (χ1n) is 9.13. The molecule has 28 heavy (non-hydrogen) atoms. The van der Waals surface area contributed by atoms with Gasteiger partial charge >= 0.3 is 0 Å². The molecule has 1 aliphatic rings. The number of carbonyl (C=O) groups excluding carboxylic acids is 1. The Morgan fingerprint density at radius 2 is 1.68 bits per heavy atom. The second kappa shape index (κ2) is 8.04. The molecule has 7 heteroatoms. The van der Waals surface area contributed by atoms with Crippen molar-refractivity contribution >= 4 is 23.1 Å². The number of benzene rings is 1. The summed E-state index contributed by atoms with van der Waals surface area (Å²) in [7, 11) is 0. The second-order valence-corrected chi connectivity index (χ2v) is 6.49. The number of amides is 1. The summed E-state index contributed by atoms with van der Waals surface area (Å²) in [5, 5.41) is 2.94. The molecule has 142 valence electrons. The van der Waals surface area contributed by atoms with E-state index in [-0.39, 0.29) is 11.6 Å². The highest BCUT2D eigenvalue weighted by Gasteiger charge is 2.24. The SMILES string of the molecule is O=C(c1cccnc1Nc1ccccc1F)N1CCN(c2ccncc2)CC1. The van der Waals surface area contributed by atoms with Crippen molar-refractivity contribution in [1.29, 1.82) is 0 Å². The summed E-state index contributed by atoms with van der Waals surface area (Å²) in [5.74, 6) is -0.145. The van der Waals surface area contributed by atoms with Gasteiger partial charge in [-0.15, -0.1) is 0 Å². The Labute approximate surface area is 162 Å². The van der Waals surface area contributed by atoms with Gasteiger partial charge in [-0.2, -0.15) is 0 Å². The second-order valence-electron chi connectivity index (χ2n) is 6.49. The van der Waals surface area contributed by atoms with Crippen molar-refractivity contribution in [1.82, 2.24) is 14.9 Å². The predicted octanol–water partition coefficient (Wildman–Crippen LogP) is 3.32. The Bertz CT molecular complexity index is 958. The van der Waals surface area contributed by atoms with E-state index in [1.165, 1.54) is 6.07 Å². The molecule has 0 saturated carbocycles. The van der Waals surface area contributed by atoms with Crippen LogP contribution in [-0.2, 0) is 0 Å². The first-order valence-corrected chi connectivity index (χ1v) is 9.13. The first kappa shape index (κ1) is 17.9. The zero-order valence-corrected chi connectivity index (χ0v) is 15.3. The minimum Gasteiger partial charge on any atom is -0.368 e. The van der Waals surface area contributed by atoms with Gasteiger partial charge in [0, 0.05) is 50.5 Å². The van der Waals surface area contributed by atoms with Crippen molar-refractivity contribution in [3.63, 3.8) is 0 Å². The number of nitrogens with zero attached hydrogens (tertiary/aromatic N) is 4. The third-order valence-electron chi connectivity index (χ3n) is 4.76. The predicted molar refractivity (Wildman–Crippen MR) is 106 cm³/mol. The van der Waals surface area contributed by atoms with Crippen LogP contribution in [0.5, 0.6) is 0 Å². The maximum atomic E-state index is 14.0. The number of hydrogen-bond donors (Lipinski definition) is 1. The Morgan fingerprint density at radius 1 is 0.929 bits per heavy atom. The average Bonchev–Trinajstić information content (AvgIpc) is 2.76. The smallest absolute Gasteiger partial charge is 0.257 e. The van der Waals surface area contributed by atoms with Gasteiger partial charge in [0.2, 0.25) is 0 Å². The molecule has 0 unspecified atom stereocenters. The first-order chi connectivity index (χ1) is 13.7. The summed E-state index contributed by atoms with van der Waals surface area (Å²) >= 11 is 0. The molecule has 1 aromatic carbocycles. The van der Waals surface area contributed by atoms with Crippen molar-refractivity contribution < 1.29 is 9.18 Å². The molecule has 1 N–H and O–H groups in total. The number of piperazine rings is 1. The molecule has 4 rings (SSSR count). The van der Waals surface area contributed by atoms with Gasteiger partial charge in [-0.3, -0.25) is 9.78 Å². The summed E-state index contributed by atoms with van der Waals surface area (Å²) in [6.45, 7) is 2.70. The van der Waals surface area contributed by atoms with E-state index >= 15 is 0 Å². The highest BCUT2D eigenvalue weighted by atomic mass is 19.1. The summed E-state index contributed by atoms with van der Waals surface area (Å²) in [6.07, 6.45) is 5.12. The van der Waals surface area contributed by atoms with Crippen LogP contribution in [0, 0.1) is 5.82 Å². The quantitative estimate of drug-likeness (QED) is 0.756. The molecule has 0 aliphatic carbocycles. The van der Waals surface area contributed by atoms with Gasteiger partial charge < -0.3 is 15.1 Å². The van der Waals surface area contributed by atoms with Crippen molar-refractivity contribution in [2.45, 2.75) is 0 Å². The number of para-hydroxylation sites is 1. The van der Waals surface area contributed by atoms with E-state index in [0.29, 0.717) is 24.5 Å². The van der Waals surface area contributed by atoms with E-state index in [9.17, 15) is 9.18 Å². The Hall–Kier alpha value is -3.48. The molecule has 6 nitrogen and oxygen atoms in total. The molecule has 0 radical (unpaired) electrons. The van der Waals surface area contributed by atoms with Crippen LogP contribution in [0.3, 0.4) is 0 Å². The maximum absolute atomic E-state index is 14.0. The molecule has 1 saturated heterocycles. The van der Waals surface area contributed by atoms with Gasteiger partial charge in [0.15, 0.2) is 0 Å². The molecule has 3 aromatic rings. The normalized spacial score (nSPS) is 14.0. The number of anilines is 3. The number of nitrogens with one attached hydrogen (secondary N) is 1.